The van der Waals surface area contributed by atoms with Crippen molar-refractivity contribution in [1.82, 2.24) is 4.90 Å². The van der Waals surface area contributed by atoms with Crippen molar-refractivity contribution < 1.29 is 24.5 Å². The van der Waals surface area contributed by atoms with Gasteiger partial charge in [-0.05, 0) is 35.5 Å². The molecular weight excluding hydrogens is 418 g/mol. The zero-order valence-corrected chi connectivity index (χ0v) is 18.7. The van der Waals surface area contributed by atoms with Crippen LogP contribution >= 0.6 is 0 Å². The average molecular weight is 448 g/mol. The van der Waals surface area contributed by atoms with Crippen LogP contribution in [0.15, 0.2) is 42.5 Å². The highest BCUT2D eigenvalue weighted by Gasteiger charge is 2.92. The van der Waals surface area contributed by atoms with Crippen molar-refractivity contribution >= 4 is 11.8 Å². The molecule has 13 atom stereocenters. The molecule has 10 rings (SSSR count). The lowest BCUT2D eigenvalue weighted by atomic mass is 9.39. The monoisotopic (exact) mass is 447 g/mol. The van der Waals surface area contributed by atoms with Gasteiger partial charge in [0, 0.05) is 60.1 Å². The third-order valence-electron chi connectivity index (χ3n) is 11.3. The lowest BCUT2D eigenvalue weighted by molar-refractivity contribution is -0.242. The van der Waals surface area contributed by atoms with Crippen molar-refractivity contribution in [2.24, 2.45) is 39.9 Å². The van der Waals surface area contributed by atoms with Crippen molar-refractivity contribution in [3.05, 3.63) is 48.0 Å². The van der Waals surface area contributed by atoms with Gasteiger partial charge in [-0.25, -0.2) is 4.79 Å². The van der Waals surface area contributed by atoms with Crippen LogP contribution in [0.5, 0.6) is 0 Å². The van der Waals surface area contributed by atoms with E-state index in [1.807, 2.05) is 18.2 Å². The molecule has 0 radical (unpaired) electrons. The summed E-state index contributed by atoms with van der Waals surface area (Å²) in [6, 6.07) is 9.36. The molecule has 1 aromatic rings. The summed E-state index contributed by atoms with van der Waals surface area (Å²) in [6.07, 6.45) is -0.134. The quantitative estimate of drug-likeness (QED) is 0.531. The summed E-state index contributed by atoms with van der Waals surface area (Å²) in [5.74, 6) is -0.494. The first-order chi connectivity index (χ1) is 15.8. The molecule has 0 aromatic heterocycles. The SMILES string of the molecule is C=C1C2C(O)C3C4N5CC6(C)CC(=O)CC47C6C5CC3(C1O)C7C2OC(=O)c1ccccc1. The number of aliphatic hydroxyl groups excluding tert-OH is 2. The number of Topliss-reactive ketones (excluding diaryl/α,β-unsaturated/α-hetero) is 1. The van der Waals surface area contributed by atoms with E-state index < -0.39 is 35.6 Å². The Morgan fingerprint density at radius 2 is 1.91 bits per heavy atom. The van der Waals surface area contributed by atoms with Crippen LogP contribution in [-0.2, 0) is 9.53 Å². The Morgan fingerprint density at radius 3 is 2.67 bits per heavy atom. The second kappa shape index (κ2) is 5.45. The van der Waals surface area contributed by atoms with E-state index in [1.54, 1.807) is 12.1 Å². The Hall–Kier alpha value is -2.02. The molecule has 6 nitrogen and oxygen atoms in total. The number of carbonyl (C=O) groups is 2. The van der Waals surface area contributed by atoms with Crippen molar-refractivity contribution in [3.63, 3.8) is 0 Å². The van der Waals surface area contributed by atoms with Gasteiger partial charge in [-0.15, -0.1) is 0 Å². The summed E-state index contributed by atoms with van der Waals surface area (Å²) in [4.78, 5) is 29.0. The summed E-state index contributed by atoms with van der Waals surface area (Å²) >= 11 is 0. The minimum Gasteiger partial charge on any atom is -0.458 e. The van der Waals surface area contributed by atoms with Crippen molar-refractivity contribution in [2.75, 3.05) is 6.54 Å². The van der Waals surface area contributed by atoms with E-state index in [1.165, 1.54) is 0 Å². The predicted octanol–water partition coefficient (Wildman–Crippen LogP) is 1.81. The Labute approximate surface area is 192 Å². The van der Waals surface area contributed by atoms with E-state index in [0.717, 1.165) is 13.0 Å². The highest BCUT2D eigenvalue weighted by Crippen LogP contribution is 2.86. The van der Waals surface area contributed by atoms with E-state index in [-0.39, 0.29) is 34.5 Å². The fourth-order valence-corrected chi connectivity index (χ4v) is 11.3. The van der Waals surface area contributed by atoms with Gasteiger partial charge in [0.1, 0.15) is 11.9 Å². The molecule has 9 fully saturated rings. The van der Waals surface area contributed by atoms with Gasteiger partial charge in [0.25, 0.3) is 0 Å². The molecule has 9 aliphatic rings. The lowest BCUT2D eigenvalue weighted by Gasteiger charge is -2.67. The van der Waals surface area contributed by atoms with Gasteiger partial charge >= 0.3 is 5.97 Å². The number of benzene rings is 1. The number of esters is 1. The van der Waals surface area contributed by atoms with Crippen LogP contribution in [0.2, 0.25) is 0 Å². The van der Waals surface area contributed by atoms with Gasteiger partial charge in [0.2, 0.25) is 0 Å². The maximum absolute atomic E-state index is 13.3. The second-order valence-corrected chi connectivity index (χ2v) is 12.4. The number of rotatable bonds is 2. The summed E-state index contributed by atoms with van der Waals surface area (Å²) in [7, 11) is 0. The number of hydrogen-bond donors (Lipinski definition) is 2. The number of ketones is 1. The van der Waals surface area contributed by atoms with Gasteiger partial charge in [-0.2, -0.15) is 0 Å². The Kier molecular flexibility index (Phi) is 3.19. The molecule has 6 heteroatoms. The third-order valence-corrected chi connectivity index (χ3v) is 11.3. The molecule has 13 unspecified atom stereocenters. The molecule has 0 amide bonds. The number of fused-ring (bicyclic) bond motifs is 1. The number of hydrogen-bond acceptors (Lipinski definition) is 6. The van der Waals surface area contributed by atoms with Gasteiger partial charge in [0.15, 0.2) is 0 Å². The Balaban J connectivity index is 1.33. The number of nitrogens with zero attached hydrogens (tertiary/aromatic N) is 1. The Bertz CT molecular complexity index is 1150. The summed E-state index contributed by atoms with van der Waals surface area (Å²) in [5, 5.41) is 23.4. The molecule has 6 saturated carbocycles. The first kappa shape index (κ1) is 19.3. The molecule has 33 heavy (non-hydrogen) atoms. The lowest BCUT2D eigenvalue weighted by Crippen LogP contribution is -2.73. The molecule has 9 bridgehead atoms. The Morgan fingerprint density at radius 1 is 1.15 bits per heavy atom. The molecule has 3 heterocycles. The predicted molar refractivity (Wildman–Crippen MR) is 117 cm³/mol. The van der Waals surface area contributed by atoms with Crippen LogP contribution in [0.3, 0.4) is 0 Å². The fourth-order valence-electron chi connectivity index (χ4n) is 11.3. The molecule has 6 aliphatic carbocycles. The first-order valence-corrected chi connectivity index (χ1v) is 12.3. The van der Waals surface area contributed by atoms with Crippen molar-refractivity contribution in [2.45, 2.75) is 56.6 Å². The molecular formula is C27H29NO5. The topological polar surface area (TPSA) is 87.1 Å². The number of ether oxygens (including phenoxy) is 1. The van der Waals surface area contributed by atoms with Gasteiger partial charge in [0.05, 0.1) is 17.8 Å². The van der Waals surface area contributed by atoms with Crippen LogP contribution in [0.25, 0.3) is 0 Å². The minimum atomic E-state index is -0.723. The molecule has 3 aliphatic heterocycles. The third kappa shape index (κ3) is 1.74. The number of piperidine rings is 2. The fraction of sp³-hybridized carbons (Fsp3) is 0.630. The van der Waals surface area contributed by atoms with Crippen molar-refractivity contribution in [3.8, 4) is 0 Å². The molecule has 2 N–H and O–H groups in total. The molecule has 172 valence electrons. The normalized spacial score (nSPS) is 58.3. The van der Waals surface area contributed by atoms with E-state index in [4.69, 9.17) is 4.74 Å². The zero-order valence-electron chi connectivity index (χ0n) is 18.7. The summed E-state index contributed by atoms with van der Waals surface area (Å²) in [6.45, 7) is 7.37. The smallest absolute Gasteiger partial charge is 0.338 e. The van der Waals surface area contributed by atoms with E-state index >= 15 is 0 Å². The van der Waals surface area contributed by atoms with Crippen LogP contribution in [0.4, 0.5) is 0 Å². The number of aliphatic hydroxyl groups is 2. The largest absolute Gasteiger partial charge is 0.458 e. The van der Waals surface area contributed by atoms with E-state index in [2.05, 4.69) is 18.4 Å². The highest BCUT2D eigenvalue weighted by molar-refractivity contribution is 5.89. The maximum atomic E-state index is 13.3. The van der Waals surface area contributed by atoms with Gasteiger partial charge in [-0.1, -0.05) is 31.7 Å². The summed E-state index contributed by atoms with van der Waals surface area (Å²) < 4.78 is 6.29. The van der Waals surface area contributed by atoms with Crippen LogP contribution in [0.1, 0.15) is 36.5 Å². The molecule has 1 aromatic carbocycles. The van der Waals surface area contributed by atoms with Crippen LogP contribution in [0, 0.1) is 39.9 Å². The van der Waals surface area contributed by atoms with Gasteiger partial charge < -0.3 is 14.9 Å². The maximum Gasteiger partial charge on any atom is 0.338 e. The van der Waals surface area contributed by atoms with E-state index in [0.29, 0.717) is 35.9 Å². The average Bonchev–Trinajstić information content (AvgIpc) is 3.21. The second-order valence-electron chi connectivity index (χ2n) is 12.4. The molecule has 3 saturated heterocycles. The minimum absolute atomic E-state index is 0.0734. The number of carbonyl (C=O) groups excluding carboxylic acids is 2. The standard InChI is InChI=1S/C27H29NO5/c1-12-16-18(30)17-22-27-9-14(29)8-25(2)11-28(22)15(20(25)27)10-26(17,23(12)31)21(27)19(16)33-24(32)13-6-4-3-5-7-13/h3-7,15-23,30-31H,1,8-11H2,2H3. The van der Waals surface area contributed by atoms with Crippen molar-refractivity contribution in [1.29, 1.82) is 0 Å². The van der Waals surface area contributed by atoms with Gasteiger partial charge in [-0.3, -0.25) is 9.69 Å². The van der Waals surface area contributed by atoms with E-state index in [9.17, 15) is 19.8 Å². The van der Waals surface area contributed by atoms with Crippen LogP contribution < -0.4 is 0 Å². The zero-order chi connectivity index (χ0) is 22.7. The van der Waals surface area contributed by atoms with Crippen LogP contribution in [-0.4, -0.2) is 63.8 Å². The highest BCUT2D eigenvalue weighted by atomic mass is 16.5. The summed E-state index contributed by atoms with van der Waals surface area (Å²) in [5.41, 5.74) is 0.0999. The first-order valence-electron chi connectivity index (χ1n) is 12.3. The molecule has 2 spiro atoms.